The molecule has 5 heteroatoms. The fourth-order valence-corrected chi connectivity index (χ4v) is 2.42. The summed E-state index contributed by atoms with van der Waals surface area (Å²) in [6.45, 7) is 7.77. The Balaban J connectivity index is 0.00000529. The number of methoxy groups -OCH3 is 1. The first-order chi connectivity index (χ1) is 11.2. The van der Waals surface area contributed by atoms with Crippen molar-refractivity contribution in [2.45, 2.75) is 46.1 Å². The van der Waals surface area contributed by atoms with E-state index in [4.69, 9.17) is 9.73 Å². The molecule has 0 atom stereocenters. The summed E-state index contributed by atoms with van der Waals surface area (Å²) in [5, 5.41) is 3.38. The summed E-state index contributed by atoms with van der Waals surface area (Å²) in [7, 11) is 3.85. The maximum atomic E-state index is 5.07. The molecule has 0 spiro atoms. The van der Waals surface area contributed by atoms with Crippen LogP contribution < -0.4 is 5.32 Å². The summed E-state index contributed by atoms with van der Waals surface area (Å²) in [5.74, 6) is 0.985. The number of rotatable bonds is 10. The van der Waals surface area contributed by atoms with E-state index in [1.165, 1.54) is 17.5 Å². The molecular formula is C19H34IN3O. The minimum Gasteiger partial charge on any atom is -0.385 e. The molecule has 138 valence electrons. The van der Waals surface area contributed by atoms with Gasteiger partial charge in [0.15, 0.2) is 5.96 Å². The van der Waals surface area contributed by atoms with Gasteiger partial charge in [-0.3, -0.25) is 4.99 Å². The zero-order chi connectivity index (χ0) is 16.9. The van der Waals surface area contributed by atoms with Gasteiger partial charge in [0.2, 0.25) is 0 Å². The predicted molar refractivity (Wildman–Crippen MR) is 114 cm³/mol. The van der Waals surface area contributed by atoms with Crippen LogP contribution in [0.15, 0.2) is 29.3 Å². The van der Waals surface area contributed by atoms with Crippen molar-refractivity contribution in [1.82, 2.24) is 10.2 Å². The number of aryl methyl sites for hydroxylation is 1. The van der Waals surface area contributed by atoms with Crippen molar-refractivity contribution in [2.75, 3.05) is 33.9 Å². The molecular weight excluding hydrogens is 413 g/mol. The minimum atomic E-state index is 0. The smallest absolute Gasteiger partial charge is 0.193 e. The molecule has 1 N–H and O–H groups in total. The van der Waals surface area contributed by atoms with Crippen LogP contribution in [0.1, 0.15) is 44.2 Å². The quantitative estimate of drug-likeness (QED) is 0.254. The van der Waals surface area contributed by atoms with Crippen LogP contribution in [-0.2, 0) is 17.7 Å². The van der Waals surface area contributed by atoms with Crippen LogP contribution in [0.4, 0.5) is 0 Å². The highest BCUT2D eigenvalue weighted by molar-refractivity contribution is 14.0. The molecule has 0 aliphatic carbocycles. The maximum absolute atomic E-state index is 5.07. The average molecular weight is 447 g/mol. The highest BCUT2D eigenvalue weighted by Gasteiger charge is 2.06. The zero-order valence-corrected chi connectivity index (χ0v) is 18.0. The second kappa shape index (κ2) is 14.5. The molecule has 0 bridgehead atoms. The number of unbranched alkanes of at least 4 members (excludes halogenated alkanes) is 2. The lowest BCUT2D eigenvalue weighted by Crippen LogP contribution is -2.38. The first kappa shape index (κ1) is 23.2. The van der Waals surface area contributed by atoms with Crippen LogP contribution in [0.25, 0.3) is 0 Å². The molecule has 0 aliphatic rings. The molecule has 24 heavy (non-hydrogen) atoms. The second-order valence-corrected chi connectivity index (χ2v) is 5.82. The third-order valence-corrected chi connectivity index (χ3v) is 3.82. The van der Waals surface area contributed by atoms with E-state index in [2.05, 4.69) is 55.4 Å². The van der Waals surface area contributed by atoms with Gasteiger partial charge in [0, 0.05) is 40.4 Å². The Hall–Kier alpha value is -0.820. The monoisotopic (exact) mass is 447 g/mol. The number of nitrogens with zero attached hydrogens (tertiary/aromatic N) is 2. The van der Waals surface area contributed by atoms with Crippen molar-refractivity contribution in [3.8, 4) is 0 Å². The van der Waals surface area contributed by atoms with Crippen molar-refractivity contribution in [1.29, 1.82) is 0 Å². The van der Waals surface area contributed by atoms with Crippen molar-refractivity contribution < 1.29 is 4.74 Å². The summed E-state index contributed by atoms with van der Waals surface area (Å²) in [6.07, 6.45) is 4.47. The van der Waals surface area contributed by atoms with Crippen LogP contribution in [-0.4, -0.2) is 44.7 Å². The molecule has 0 unspecified atom stereocenters. The lowest BCUT2D eigenvalue weighted by Gasteiger charge is -2.22. The standard InChI is InChI=1S/C19H33N3O.HI/c1-5-17-10-12-18(13-11-17)16-22(3)19(20-6-2)21-14-8-7-9-15-23-4;/h10-13H,5-9,14-16H2,1-4H3,(H,20,21);1H. The van der Waals surface area contributed by atoms with E-state index in [1.54, 1.807) is 7.11 Å². The molecule has 0 aromatic heterocycles. The number of hydrogen-bond acceptors (Lipinski definition) is 2. The van der Waals surface area contributed by atoms with E-state index in [9.17, 15) is 0 Å². The Labute approximate surface area is 165 Å². The van der Waals surface area contributed by atoms with E-state index in [1.807, 2.05) is 0 Å². The number of aliphatic imine (C=N–C) groups is 1. The van der Waals surface area contributed by atoms with Gasteiger partial charge in [0.05, 0.1) is 0 Å². The van der Waals surface area contributed by atoms with Crippen molar-refractivity contribution in [3.63, 3.8) is 0 Å². The lowest BCUT2D eigenvalue weighted by molar-refractivity contribution is 0.192. The molecule has 1 aromatic rings. The first-order valence-electron chi connectivity index (χ1n) is 8.77. The van der Waals surface area contributed by atoms with E-state index in [-0.39, 0.29) is 24.0 Å². The third kappa shape index (κ3) is 9.47. The molecule has 4 nitrogen and oxygen atoms in total. The Morgan fingerprint density at radius 1 is 1.08 bits per heavy atom. The highest BCUT2D eigenvalue weighted by atomic mass is 127. The van der Waals surface area contributed by atoms with Gasteiger partial charge in [-0.05, 0) is 43.7 Å². The summed E-state index contributed by atoms with van der Waals surface area (Å²) < 4.78 is 5.07. The number of nitrogens with one attached hydrogen (secondary N) is 1. The summed E-state index contributed by atoms with van der Waals surface area (Å²) in [5.41, 5.74) is 2.70. The highest BCUT2D eigenvalue weighted by Crippen LogP contribution is 2.07. The van der Waals surface area contributed by atoms with Crippen LogP contribution in [0.5, 0.6) is 0 Å². The molecule has 0 radical (unpaired) electrons. The number of hydrogen-bond donors (Lipinski definition) is 1. The maximum Gasteiger partial charge on any atom is 0.193 e. The molecule has 1 rings (SSSR count). The van der Waals surface area contributed by atoms with Crippen LogP contribution in [0.2, 0.25) is 0 Å². The number of ether oxygens (including phenoxy) is 1. The topological polar surface area (TPSA) is 36.9 Å². The second-order valence-electron chi connectivity index (χ2n) is 5.82. The lowest BCUT2D eigenvalue weighted by atomic mass is 10.1. The van der Waals surface area contributed by atoms with Crippen LogP contribution in [0.3, 0.4) is 0 Å². The molecule has 0 saturated carbocycles. The summed E-state index contributed by atoms with van der Waals surface area (Å²) in [4.78, 5) is 6.93. The van der Waals surface area contributed by atoms with Crippen LogP contribution in [0, 0.1) is 0 Å². The molecule has 0 aliphatic heterocycles. The first-order valence-corrected chi connectivity index (χ1v) is 8.77. The fourth-order valence-electron chi connectivity index (χ4n) is 2.42. The van der Waals surface area contributed by atoms with E-state index in [0.717, 1.165) is 51.5 Å². The van der Waals surface area contributed by atoms with E-state index < -0.39 is 0 Å². The van der Waals surface area contributed by atoms with Gasteiger partial charge in [0.1, 0.15) is 0 Å². The molecule has 1 aromatic carbocycles. The van der Waals surface area contributed by atoms with Crippen molar-refractivity contribution in [3.05, 3.63) is 35.4 Å². The van der Waals surface area contributed by atoms with Gasteiger partial charge in [-0.1, -0.05) is 31.2 Å². The van der Waals surface area contributed by atoms with Gasteiger partial charge in [-0.15, -0.1) is 24.0 Å². The Kier molecular flexibility index (Phi) is 14.0. The number of guanidine groups is 1. The van der Waals surface area contributed by atoms with Gasteiger partial charge < -0.3 is 15.0 Å². The zero-order valence-electron chi connectivity index (χ0n) is 15.7. The average Bonchev–Trinajstić information content (AvgIpc) is 2.57. The number of benzene rings is 1. The Morgan fingerprint density at radius 2 is 1.75 bits per heavy atom. The number of halogens is 1. The predicted octanol–water partition coefficient (Wildman–Crippen LogP) is 4.08. The molecule has 0 saturated heterocycles. The largest absolute Gasteiger partial charge is 0.385 e. The van der Waals surface area contributed by atoms with Gasteiger partial charge in [-0.2, -0.15) is 0 Å². The third-order valence-electron chi connectivity index (χ3n) is 3.82. The summed E-state index contributed by atoms with van der Waals surface area (Å²) >= 11 is 0. The van der Waals surface area contributed by atoms with E-state index in [0.29, 0.717) is 0 Å². The minimum absolute atomic E-state index is 0. The normalized spacial score (nSPS) is 11.1. The summed E-state index contributed by atoms with van der Waals surface area (Å²) in [6, 6.07) is 8.85. The molecule has 0 amide bonds. The Morgan fingerprint density at radius 3 is 2.33 bits per heavy atom. The van der Waals surface area contributed by atoms with E-state index >= 15 is 0 Å². The molecule has 0 heterocycles. The van der Waals surface area contributed by atoms with Crippen LogP contribution >= 0.6 is 24.0 Å². The van der Waals surface area contributed by atoms with Crippen molar-refractivity contribution in [2.24, 2.45) is 4.99 Å². The van der Waals surface area contributed by atoms with Gasteiger partial charge in [0.25, 0.3) is 0 Å². The molecule has 0 fully saturated rings. The fraction of sp³-hybridized carbons (Fsp3) is 0.632. The SMILES string of the molecule is CCNC(=NCCCCCOC)N(C)Cc1ccc(CC)cc1.I. The van der Waals surface area contributed by atoms with Crippen molar-refractivity contribution >= 4 is 29.9 Å². The van der Waals surface area contributed by atoms with Gasteiger partial charge >= 0.3 is 0 Å². The Bertz CT molecular complexity index is 448. The van der Waals surface area contributed by atoms with Gasteiger partial charge in [-0.25, -0.2) is 0 Å².